The van der Waals surface area contributed by atoms with Gasteiger partial charge in [0.25, 0.3) is 0 Å². The standard InChI is InChI=1S/C8H10BrN3O2/c9-6-1-2-7(11-3-6)4-12-14-5-8(10)13/h1-3,12H,4-5H2,(H2,10,13). The molecule has 0 unspecified atom stereocenters. The van der Waals surface area contributed by atoms with Crippen LogP contribution >= 0.6 is 15.9 Å². The second-order valence-corrected chi connectivity index (χ2v) is 3.46. The quantitative estimate of drug-likeness (QED) is 0.591. The van der Waals surface area contributed by atoms with Gasteiger partial charge in [0.05, 0.1) is 12.2 Å². The van der Waals surface area contributed by atoms with Crippen molar-refractivity contribution in [2.75, 3.05) is 6.61 Å². The monoisotopic (exact) mass is 259 g/mol. The third kappa shape index (κ3) is 4.31. The second-order valence-electron chi connectivity index (χ2n) is 2.54. The number of halogens is 1. The van der Waals surface area contributed by atoms with Crippen molar-refractivity contribution in [1.82, 2.24) is 10.5 Å². The van der Waals surface area contributed by atoms with Gasteiger partial charge in [0, 0.05) is 10.7 Å². The summed E-state index contributed by atoms with van der Waals surface area (Å²) in [6, 6.07) is 3.71. The van der Waals surface area contributed by atoms with Crippen LogP contribution in [-0.4, -0.2) is 17.5 Å². The van der Waals surface area contributed by atoms with Gasteiger partial charge in [-0.1, -0.05) is 0 Å². The summed E-state index contributed by atoms with van der Waals surface area (Å²) in [4.78, 5) is 19.1. The van der Waals surface area contributed by atoms with E-state index in [2.05, 4.69) is 26.4 Å². The van der Waals surface area contributed by atoms with Crippen LogP contribution in [0.2, 0.25) is 0 Å². The average molecular weight is 260 g/mol. The second kappa shape index (κ2) is 5.69. The van der Waals surface area contributed by atoms with Crippen molar-refractivity contribution in [2.24, 2.45) is 5.73 Å². The molecule has 1 aromatic rings. The van der Waals surface area contributed by atoms with Crippen LogP contribution in [-0.2, 0) is 16.2 Å². The molecular weight excluding hydrogens is 250 g/mol. The number of amides is 1. The number of nitrogens with two attached hydrogens (primary N) is 1. The van der Waals surface area contributed by atoms with Crippen molar-refractivity contribution in [3.8, 4) is 0 Å². The number of pyridine rings is 1. The fraction of sp³-hybridized carbons (Fsp3) is 0.250. The van der Waals surface area contributed by atoms with Crippen molar-refractivity contribution in [3.05, 3.63) is 28.5 Å². The molecule has 0 saturated heterocycles. The molecule has 3 N–H and O–H groups in total. The van der Waals surface area contributed by atoms with Gasteiger partial charge in [-0.25, -0.2) is 0 Å². The Hall–Kier alpha value is -0.980. The van der Waals surface area contributed by atoms with Crippen LogP contribution in [0.5, 0.6) is 0 Å². The molecule has 0 fully saturated rings. The highest BCUT2D eigenvalue weighted by Gasteiger charge is 1.96. The van der Waals surface area contributed by atoms with E-state index in [0.717, 1.165) is 10.2 Å². The van der Waals surface area contributed by atoms with Crippen LogP contribution < -0.4 is 11.2 Å². The highest BCUT2D eigenvalue weighted by Crippen LogP contribution is 2.06. The summed E-state index contributed by atoms with van der Waals surface area (Å²) < 4.78 is 0.916. The van der Waals surface area contributed by atoms with E-state index in [1.807, 2.05) is 12.1 Å². The van der Waals surface area contributed by atoms with Crippen molar-refractivity contribution in [1.29, 1.82) is 0 Å². The van der Waals surface area contributed by atoms with Gasteiger partial charge in [0.15, 0.2) is 0 Å². The van der Waals surface area contributed by atoms with E-state index in [4.69, 9.17) is 10.6 Å². The first-order valence-corrected chi connectivity index (χ1v) is 4.71. The Kier molecular flexibility index (Phi) is 4.51. The first-order chi connectivity index (χ1) is 6.68. The van der Waals surface area contributed by atoms with Gasteiger partial charge in [-0.05, 0) is 28.1 Å². The molecule has 0 aliphatic rings. The number of rotatable bonds is 5. The Morgan fingerprint density at radius 2 is 2.43 bits per heavy atom. The van der Waals surface area contributed by atoms with Crippen molar-refractivity contribution in [2.45, 2.75) is 6.54 Å². The molecule has 0 atom stereocenters. The SMILES string of the molecule is NC(=O)CONCc1ccc(Br)cn1. The number of nitrogens with one attached hydrogen (secondary N) is 1. The maximum Gasteiger partial charge on any atom is 0.245 e. The van der Waals surface area contributed by atoms with Crippen molar-refractivity contribution in [3.63, 3.8) is 0 Å². The largest absolute Gasteiger partial charge is 0.368 e. The number of hydrogen-bond acceptors (Lipinski definition) is 4. The number of hydroxylamine groups is 1. The van der Waals surface area contributed by atoms with Gasteiger partial charge in [-0.2, -0.15) is 5.48 Å². The molecule has 0 bridgehead atoms. The van der Waals surface area contributed by atoms with Gasteiger partial charge < -0.3 is 5.73 Å². The molecule has 0 spiro atoms. The molecule has 1 aromatic heterocycles. The molecule has 5 nitrogen and oxygen atoms in total. The summed E-state index contributed by atoms with van der Waals surface area (Å²) >= 11 is 3.27. The minimum atomic E-state index is -0.513. The number of primary amides is 1. The van der Waals surface area contributed by atoms with Crippen LogP contribution in [0.25, 0.3) is 0 Å². The average Bonchev–Trinajstić information content (AvgIpc) is 2.15. The Morgan fingerprint density at radius 3 is 3.00 bits per heavy atom. The molecule has 1 rings (SSSR count). The summed E-state index contributed by atoms with van der Waals surface area (Å²) in [6.07, 6.45) is 1.69. The third-order valence-corrected chi connectivity index (χ3v) is 1.83. The number of hydrogen-bond donors (Lipinski definition) is 2. The highest BCUT2D eigenvalue weighted by molar-refractivity contribution is 9.10. The Morgan fingerprint density at radius 1 is 1.64 bits per heavy atom. The smallest absolute Gasteiger partial charge is 0.245 e. The molecule has 1 amide bonds. The lowest BCUT2D eigenvalue weighted by atomic mass is 10.4. The van der Waals surface area contributed by atoms with Crippen LogP contribution in [0.4, 0.5) is 0 Å². The number of carbonyl (C=O) groups is 1. The molecular formula is C8H10BrN3O2. The molecule has 0 aliphatic heterocycles. The molecule has 0 aliphatic carbocycles. The Labute approximate surface area is 89.7 Å². The molecule has 76 valence electrons. The third-order valence-electron chi connectivity index (χ3n) is 1.36. The van der Waals surface area contributed by atoms with Crippen molar-refractivity contribution < 1.29 is 9.63 Å². The number of carbonyl (C=O) groups excluding carboxylic acids is 1. The molecule has 6 heteroatoms. The van der Waals surface area contributed by atoms with E-state index in [-0.39, 0.29) is 6.61 Å². The minimum Gasteiger partial charge on any atom is -0.368 e. The Bertz CT molecular complexity index is 302. The zero-order valence-electron chi connectivity index (χ0n) is 7.37. The van der Waals surface area contributed by atoms with Crippen LogP contribution in [0.3, 0.4) is 0 Å². The zero-order valence-corrected chi connectivity index (χ0v) is 8.95. The minimum absolute atomic E-state index is 0.142. The van der Waals surface area contributed by atoms with Crippen molar-refractivity contribution >= 4 is 21.8 Å². The predicted octanol–water partition coefficient (Wildman–Crippen LogP) is 0.351. The van der Waals surface area contributed by atoms with E-state index < -0.39 is 5.91 Å². The van der Waals surface area contributed by atoms with Gasteiger partial charge in [0.1, 0.15) is 6.61 Å². The summed E-state index contributed by atoms with van der Waals surface area (Å²) in [5, 5.41) is 0. The maximum atomic E-state index is 10.3. The highest BCUT2D eigenvalue weighted by atomic mass is 79.9. The fourth-order valence-electron chi connectivity index (χ4n) is 0.758. The number of aromatic nitrogens is 1. The van der Waals surface area contributed by atoms with E-state index in [9.17, 15) is 4.79 Å². The Balaban J connectivity index is 2.25. The topological polar surface area (TPSA) is 77.2 Å². The first kappa shape index (κ1) is 11.1. The van der Waals surface area contributed by atoms with Crippen LogP contribution in [0.15, 0.2) is 22.8 Å². The lowest BCUT2D eigenvalue weighted by Gasteiger charge is -2.03. The van der Waals surface area contributed by atoms with E-state index >= 15 is 0 Å². The van der Waals surface area contributed by atoms with E-state index in [0.29, 0.717) is 6.54 Å². The molecule has 0 aromatic carbocycles. The predicted molar refractivity (Wildman–Crippen MR) is 53.9 cm³/mol. The zero-order chi connectivity index (χ0) is 10.4. The molecule has 1 heterocycles. The lowest BCUT2D eigenvalue weighted by Crippen LogP contribution is -2.24. The van der Waals surface area contributed by atoms with E-state index in [1.54, 1.807) is 6.20 Å². The van der Waals surface area contributed by atoms with Gasteiger partial charge >= 0.3 is 0 Å². The van der Waals surface area contributed by atoms with Crippen LogP contribution in [0, 0.1) is 0 Å². The normalized spacial score (nSPS) is 10.1. The lowest BCUT2D eigenvalue weighted by molar-refractivity contribution is -0.125. The van der Waals surface area contributed by atoms with Crippen LogP contribution in [0.1, 0.15) is 5.69 Å². The first-order valence-electron chi connectivity index (χ1n) is 3.92. The molecule has 0 saturated carbocycles. The number of nitrogens with zero attached hydrogens (tertiary/aromatic N) is 1. The molecule has 14 heavy (non-hydrogen) atoms. The van der Waals surface area contributed by atoms with E-state index in [1.165, 1.54) is 0 Å². The summed E-state index contributed by atoms with van der Waals surface area (Å²) in [6.45, 7) is 0.289. The fourth-order valence-corrected chi connectivity index (χ4v) is 0.993. The van der Waals surface area contributed by atoms with Gasteiger partial charge in [-0.3, -0.25) is 14.6 Å². The molecule has 0 radical (unpaired) electrons. The van der Waals surface area contributed by atoms with Gasteiger partial charge in [-0.15, -0.1) is 0 Å². The summed E-state index contributed by atoms with van der Waals surface area (Å²) in [5.74, 6) is -0.513. The van der Waals surface area contributed by atoms with Gasteiger partial charge in [0.2, 0.25) is 5.91 Å². The summed E-state index contributed by atoms with van der Waals surface area (Å²) in [7, 11) is 0. The maximum absolute atomic E-state index is 10.3. The summed E-state index contributed by atoms with van der Waals surface area (Å²) in [5.41, 5.74) is 8.26.